The van der Waals surface area contributed by atoms with E-state index in [-0.39, 0.29) is 36.1 Å². The van der Waals surface area contributed by atoms with Gasteiger partial charge in [0.05, 0.1) is 37.5 Å². The van der Waals surface area contributed by atoms with E-state index in [0.29, 0.717) is 29.5 Å². The van der Waals surface area contributed by atoms with Crippen LogP contribution in [0.15, 0.2) is 47.4 Å². The summed E-state index contributed by atoms with van der Waals surface area (Å²) in [6.45, 7) is 1.26. The molecule has 0 aromatic heterocycles. The fraction of sp³-hybridized carbons (Fsp3) is 0.316. The second kappa shape index (κ2) is 8.91. The van der Waals surface area contributed by atoms with Crippen LogP contribution >= 0.6 is 11.6 Å². The molecule has 2 aromatic rings. The molecule has 0 atom stereocenters. The Morgan fingerprint density at radius 1 is 1.21 bits per heavy atom. The van der Waals surface area contributed by atoms with Gasteiger partial charge in [0, 0.05) is 13.1 Å². The fourth-order valence-electron chi connectivity index (χ4n) is 2.90. The van der Waals surface area contributed by atoms with Gasteiger partial charge in [-0.15, -0.1) is 0 Å². The predicted octanol–water partition coefficient (Wildman–Crippen LogP) is 2.55. The first-order valence-corrected chi connectivity index (χ1v) is 10.5. The number of para-hydroxylation sites is 1. The second-order valence-corrected chi connectivity index (χ2v) is 8.52. The fourth-order valence-corrected chi connectivity index (χ4v) is 4.70. The van der Waals surface area contributed by atoms with Crippen molar-refractivity contribution in [1.82, 2.24) is 4.31 Å². The quantitative estimate of drug-likeness (QED) is 0.770. The van der Waals surface area contributed by atoms with Crippen LogP contribution in [-0.4, -0.2) is 52.0 Å². The zero-order chi connectivity index (χ0) is 20.1. The van der Waals surface area contributed by atoms with Crippen LogP contribution in [-0.2, 0) is 26.0 Å². The third-order valence-corrected chi connectivity index (χ3v) is 6.58. The van der Waals surface area contributed by atoms with Crippen molar-refractivity contribution in [2.24, 2.45) is 0 Å². The van der Waals surface area contributed by atoms with Crippen LogP contribution in [0.25, 0.3) is 0 Å². The molecule has 150 valence electrons. The molecule has 1 heterocycles. The molecule has 0 unspecified atom stereocenters. The second-order valence-electron chi connectivity index (χ2n) is 6.21. The molecule has 28 heavy (non-hydrogen) atoms. The minimum atomic E-state index is -3.75. The summed E-state index contributed by atoms with van der Waals surface area (Å²) in [5.41, 5.74) is 1.06. The molecule has 0 radical (unpaired) electrons. The number of anilines is 1. The Bertz CT molecular complexity index is 959. The molecule has 0 spiro atoms. The molecule has 3 rings (SSSR count). The van der Waals surface area contributed by atoms with Gasteiger partial charge in [-0.05, 0) is 29.8 Å². The highest BCUT2D eigenvalue weighted by Crippen LogP contribution is 2.29. The molecule has 0 bridgehead atoms. The van der Waals surface area contributed by atoms with Crippen LogP contribution in [0.1, 0.15) is 5.56 Å². The molecule has 1 aliphatic rings. The summed E-state index contributed by atoms with van der Waals surface area (Å²) in [5, 5.41) is 3.16. The normalized spacial score (nSPS) is 15.2. The SMILES string of the molecule is COc1ccc(CC(=O)Nc2ccccc2Cl)cc1S(=O)(=O)N1CCOCC1. The summed E-state index contributed by atoms with van der Waals surface area (Å²) in [5.74, 6) is -0.0604. The molecular weight excluding hydrogens is 404 g/mol. The van der Waals surface area contributed by atoms with Crippen molar-refractivity contribution in [3.63, 3.8) is 0 Å². The van der Waals surface area contributed by atoms with E-state index in [2.05, 4.69) is 5.32 Å². The third-order valence-electron chi connectivity index (χ3n) is 4.33. The van der Waals surface area contributed by atoms with Crippen molar-refractivity contribution in [1.29, 1.82) is 0 Å². The zero-order valence-corrected chi connectivity index (χ0v) is 16.9. The summed E-state index contributed by atoms with van der Waals surface area (Å²) in [6, 6.07) is 11.6. The highest BCUT2D eigenvalue weighted by atomic mass is 35.5. The summed E-state index contributed by atoms with van der Waals surface area (Å²) >= 11 is 6.06. The molecule has 1 saturated heterocycles. The number of nitrogens with zero attached hydrogens (tertiary/aromatic N) is 1. The number of nitrogens with one attached hydrogen (secondary N) is 1. The number of ether oxygens (including phenoxy) is 2. The number of sulfonamides is 1. The van der Waals surface area contributed by atoms with E-state index < -0.39 is 10.0 Å². The molecule has 0 aliphatic carbocycles. The number of methoxy groups -OCH3 is 1. The Kier molecular flexibility index (Phi) is 6.56. The standard InChI is InChI=1S/C19H21ClN2O5S/c1-26-17-7-6-14(13-19(23)21-16-5-3-2-4-15(16)20)12-18(17)28(24,25)22-8-10-27-11-9-22/h2-7,12H,8-11,13H2,1H3,(H,21,23). The molecule has 2 aromatic carbocycles. The minimum absolute atomic E-state index is 0.000842. The summed E-state index contributed by atoms with van der Waals surface area (Å²) in [7, 11) is -2.34. The van der Waals surface area contributed by atoms with Crippen molar-refractivity contribution < 1.29 is 22.7 Å². The van der Waals surface area contributed by atoms with Gasteiger partial charge in [-0.2, -0.15) is 4.31 Å². The first kappa shape index (κ1) is 20.6. The van der Waals surface area contributed by atoms with E-state index in [1.807, 2.05) is 0 Å². The van der Waals surface area contributed by atoms with Gasteiger partial charge < -0.3 is 14.8 Å². The van der Waals surface area contributed by atoms with E-state index >= 15 is 0 Å². The Morgan fingerprint density at radius 2 is 1.93 bits per heavy atom. The van der Waals surface area contributed by atoms with Gasteiger partial charge in [0.2, 0.25) is 15.9 Å². The maximum absolute atomic E-state index is 13.0. The average Bonchev–Trinajstić information content (AvgIpc) is 2.70. The first-order chi connectivity index (χ1) is 13.4. The van der Waals surface area contributed by atoms with Gasteiger partial charge >= 0.3 is 0 Å². The lowest BCUT2D eigenvalue weighted by Crippen LogP contribution is -2.40. The maximum Gasteiger partial charge on any atom is 0.246 e. The van der Waals surface area contributed by atoms with Crippen LogP contribution in [0.3, 0.4) is 0 Å². The van der Waals surface area contributed by atoms with Crippen LogP contribution in [0.2, 0.25) is 5.02 Å². The molecular formula is C19H21ClN2O5S. The number of rotatable bonds is 6. The number of halogens is 1. The molecule has 1 aliphatic heterocycles. The summed E-state index contributed by atoms with van der Waals surface area (Å²) in [6.07, 6.45) is 0.000842. The largest absolute Gasteiger partial charge is 0.495 e. The molecule has 1 amide bonds. The van der Waals surface area contributed by atoms with Crippen molar-refractivity contribution in [2.75, 3.05) is 38.7 Å². The Hall–Kier alpha value is -2.13. The van der Waals surface area contributed by atoms with Gasteiger partial charge in [-0.3, -0.25) is 4.79 Å². The number of morpholine rings is 1. The molecule has 9 heteroatoms. The Balaban J connectivity index is 1.82. The van der Waals surface area contributed by atoms with Gasteiger partial charge in [0.15, 0.2) is 0 Å². The topological polar surface area (TPSA) is 84.9 Å². The van der Waals surface area contributed by atoms with Gasteiger partial charge in [0.1, 0.15) is 10.6 Å². The number of hydrogen-bond donors (Lipinski definition) is 1. The Morgan fingerprint density at radius 3 is 2.61 bits per heavy atom. The minimum Gasteiger partial charge on any atom is -0.495 e. The van der Waals surface area contributed by atoms with Crippen molar-refractivity contribution in [3.05, 3.63) is 53.1 Å². The number of benzene rings is 2. The monoisotopic (exact) mass is 424 g/mol. The smallest absolute Gasteiger partial charge is 0.246 e. The summed E-state index contributed by atoms with van der Waals surface area (Å²) < 4.78 is 37.9. The van der Waals surface area contributed by atoms with Crippen LogP contribution in [0, 0.1) is 0 Å². The lowest BCUT2D eigenvalue weighted by atomic mass is 10.1. The average molecular weight is 425 g/mol. The number of carbonyl (C=O) groups is 1. The van der Waals surface area contributed by atoms with Gasteiger partial charge in [-0.1, -0.05) is 29.8 Å². The molecule has 1 N–H and O–H groups in total. The van der Waals surface area contributed by atoms with E-state index in [1.54, 1.807) is 36.4 Å². The predicted molar refractivity (Wildman–Crippen MR) is 106 cm³/mol. The summed E-state index contributed by atoms with van der Waals surface area (Å²) in [4.78, 5) is 12.4. The number of hydrogen-bond acceptors (Lipinski definition) is 5. The molecule has 7 nitrogen and oxygen atoms in total. The van der Waals surface area contributed by atoms with Crippen molar-refractivity contribution in [3.8, 4) is 5.75 Å². The lowest BCUT2D eigenvalue weighted by molar-refractivity contribution is -0.115. The third kappa shape index (κ3) is 4.64. The zero-order valence-electron chi connectivity index (χ0n) is 15.4. The lowest BCUT2D eigenvalue weighted by Gasteiger charge is -2.26. The van der Waals surface area contributed by atoms with Gasteiger partial charge in [-0.25, -0.2) is 8.42 Å². The first-order valence-electron chi connectivity index (χ1n) is 8.71. The van der Waals surface area contributed by atoms with Crippen LogP contribution in [0.5, 0.6) is 5.75 Å². The van der Waals surface area contributed by atoms with Crippen LogP contribution in [0.4, 0.5) is 5.69 Å². The van der Waals surface area contributed by atoms with E-state index in [4.69, 9.17) is 21.1 Å². The van der Waals surface area contributed by atoms with E-state index in [0.717, 1.165) is 0 Å². The van der Waals surface area contributed by atoms with Gasteiger partial charge in [0.25, 0.3) is 0 Å². The van der Waals surface area contributed by atoms with E-state index in [9.17, 15) is 13.2 Å². The molecule has 0 saturated carbocycles. The Labute approximate surface area is 169 Å². The van der Waals surface area contributed by atoms with E-state index in [1.165, 1.54) is 17.5 Å². The number of carbonyl (C=O) groups excluding carboxylic acids is 1. The number of amides is 1. The maximum atomic E-state index is 13.0. The highest BCUT2D eigenvalue weighted by molar-refractivity contribution is 7.89. The highest BCUT2D eigenvalue weighted by Gasteiger charge is 2.29. The van der Waals surface area contributed by atoms with Crippen molar-refractivity contribution in [2.45, 2.75) is 11.3 Å². The van der Waals surface area contributed by atoms with Crippen LogP contribution < -0.4 is 10.1 Å². The molecule has 1 fully saturated rings. The van der Waals surface area contributed by atoms with Crippen molar-refractivity contribution >= 4 is 33.2 Å².